The van der Waals surface area contributed by atoms with E-state index in [-0.39, 0.29) is 22.9 Å². The Kier molecular flexibility index (Phi) is 5.72. The number of furan rings is 1. The van der Waals surface area contributed by atoms with Crippen LogP contribution in [0.4, 0.5) is 0 Å². The van der Waals surface area contributed by atoms with Crippen LogP contribution in [0.25, 0.3) is 11.1 Å². The van der Waals surface area contributed by atoms with E-state index in [1.54, 1.807) is 0 Å². The second kappa shape index (κ2) is 7.86. The Hall–Kier alpha value is -1.88. The van der Waals surface area contributed by atoms with Crippen molar-refractivity contribution in [1.29, 1.82) is 0 Å². The monoisotopic (exact) mass is 439 g/mol. The summed E-state index contributed by atoms with van der Waals surface area (Å²) in [5.74, 6) is 0.814. The average molecular weight is 440 g/mol. The molecule has 2 fully saturated rings. The first-order chi connectivity index (χ1) is 14.8. The highest BCUT2D eigenvalue weighted by Gasteiger charge is 2.38. The van der Waals surface area contributed by atoms with Crippen molar-refractivity contribution in [2.45, 2.75) is 110 Å². The van der Waals surface area contributed by atoms with E-state index in [2.05, 4.69) is 54.5 Å². The van der Waals surface area contributed by atoms with E-state index in [1.807, 2.05) is 11.0 Å². The number of nitrogens with two attached hydrogens (primary N) is 1. The van der Waals surface area contributed by atoms with Gasteiger partial charge in [0.25, 0.3) is 5.91 Å². The van der Waals surface area contributed by atoms with Gasteiger partial charge in [0.15, 0.2) is 11.3 Å². The number of amides is 1. The lowest BCUT2D eigenvalue weighted by atomic mass is 9.72. The topological polar surface area (TPSA) is 72.4 Å². The molecule has 1 aliphatic heterocycles. The molecule has 32 heavy (non-hydrogen) atoms. The quantitative estimate of drug-likeness (QED) is 0.609. The molecule has 1 amide bonds. The Balaban J connectivity index is 1.72. The summed E-state index contributed by atoms with van der Waals surface area (Å²) in [6, 6.07) is 4.25. The first kappa shape index (κ1) is 23.3. The summed E-state index contributed by atoms with van der Waals surface area (Å²) in [5, 5.41) is 0. The highest BCUT2D eigenvalue weighted by atomic mass is 16.3. The minimum absolute atomic E-state index is 0.0549. The van der Waals surface area contributed by atoms with Crippen LogP contribution in [-0.2, 0) is 5.41 Å². The smallest absolute Gasteiger partial charge is 0.290 e. The molecule has 5 heteroatoms. The zero-order valence-electron chi connectivity index (χ0n) is 21.0. The number of likely N-dealkylation sites (tertiary alicyclic amines) is 1. The molecule has 1 atom stereocenters. The van der Waals surface area contributed by atoms with Gasteiger partial charge < -0.3 is 15.1 Å². The first-order valence-electron chi connectivity index (χ1n) is 12.3. The standard InChI is InChI=1S/C27H41N3O2/c1-25(2,3)19-14-20(17-8-11-26(4,5)12-9-17)29-21-15-22(32-23(19)21)24(31)30-13-10-18(28)16-27(30,6)7/h14-15,17-18H,8-13,16,28H2,1-7H3/t18-/m0/s1. The lowest BCUT2D eigenvalue weighted by molar-refractivity contribution is 0.0372. The van der Waals surface area contributed by atoms with Crippen molar-refractivity contribution in [1.82, 2.24) is 9.88 Å². The summed E-state index contributed by atoms with van der Waals surface area (Å²) in [4.78, 5) is 20.4. The number of hydrogen-bond acceptors (Lipinski definition) is 4. The van der Waals surface area contributed by atoms with E-state index in [1.165, 1.54) is 25.7 Å². The van der Waals surface area contributed by atoms with Gasteiger partial charge in [-0.1, -0.05) is 34.6 Å². The summed E-state index contributed by atoms with van der Waals surface area (Å²) in [6.45, 7) is 16.2. The summed E-state index contributed by atoms with van der Waals surface area (Å²) < 4.78 is 6.25. The molecule has 1 saturated carbocycles. The van der Waals surface area contributed by atoms with Crippen molar-refractivity contribution in [3.8, 4) is 0 Å². The van der Waals surface area contributed by atoms with Crippen molar-refractivity contribution in [2.75, 3.05) is 6.54 Å². The van der Waals surface area contributed by atoms with E-state index in [0.717, 1.165) is 35.2 Å². The number of pyridine rings is 1. The number of nitrogens with zero attached hydrogens (tertiary/aromatic N) is 2. The summed E-state index contributed by atoms with van der Waals surface area (Å²) in [5.41, 5.74) is 10.1. The molecule has 0 aromatic carbocycles. The number of fused-ring (bicyclic) bond motifs is 1. The van der Waals surface area contributed by atoms with Crippen LogP contribution in [0.15, 0.2) is 16.5 Å². The molecule has 0 bridgehead atoms. The van der Waals surface area contributed by atoms with E-state index in [0.29, 0.717) is 23.6 Å². The minimum atomic E-state index is -0.284. The van der Waals surface area contributed by atoms with Gasteiger partial charge in [-0.2, -0.15) is 0 Å². The Morgan fingerprint density at radius 2 is 1.78 bits per heavy atom. The molecule has 1 aliphatic carbocycles. The van der Waals surface area contributed by atoms with Gasteiger partial charge in [0.1, 0.15) is 5.52 Å². The molecule has 2 aromatic rings. The molecule has 4 rings (SSSR count). The van der Waals surface area contributed by atoms with Crippen LogP contribution in [0.1, 0.15) is 115 Å². The number of carbonyl (C=O) groups excluding carboxylic acids is 1. The fourth-order valence-corrected chi connectivity index (χ4v) is 5.57. The van der Waals surface area contributed by atoms with Crippen LogP contribution in [0.5, 0.6) is 0 Å². The van der Waals surface area contributed by atoms with Crippen LogP contribution in [0.2, 0.25) is 0 Å². The Morgan fingerprint density at radius 3 is 2.38 bits per heavy atom. The second-order valence-corrected chi connectivity index (χ2v) is 12.6. The SMILES string of the molecule is CC1(C)CCC(c2cc(C(C)(C)C)c3oc(C(=O)N4CC[C@H](N)CC4(C)C)cc3n2)CC1. The van der Waals surface area contributed by atoms with Crippen molar-refractivity contribution >= 4 is 17.0 Å². The lowest BCUT2D eigenvalue weighted by Crippen LogP contribution is -2.55. The summed E-state index contributed by atoms with van der Waals surface area (Å²) >= 11 is 0. The minimum Gasteiger partial charge on any atom is -0.449 e. The van der Waals surface area contributed by atoms with Gasteiger partial charge in [0.2, 0.25) is 0 Å². The fourth-order valence-electron chi connectivity index (χ4n) is 5.57. The van der Waals surface area contributed by atoms with E-state index in [4.69, 9.17) is 15.1 Å². The van der Waals surface area contributed by atoms with Crippen LogP contribution < -0.4 is 5.73 Å². The molecular weight excluding hydrogens is 398 g/mol. The van der Waals surface area contributed by atoms with Crippen LogP contribution in [0.3, 0.4) is 0 Å². The van der Waals surface area contributed by atoms with Crippen LogP contribution in [0, 0.1) is 5.41 Å². The van der Waals surface area contributed by atoms with Gasteiger partial charge in [-0.3, -0.25) is 4.79 Å². The van der Waals surface area contributed by atoms with E-state index < -0.39 is 0 Å². The van der Waals surface area contributed by atoms with Gasteiger partial charge >= 0.3 is 0 Å². The number of carbonyl (C=O) groups is 1. The maximum atomic E-state index is 13.5. The van der Waals surface area contributed by atoms with Gasteiger partial charge in [-0.25, -0.2) is 4.98 Å². The van der Waals surface area contributed by atoms with Gasteiger partial charge in [-0.05, 0) is 69.3 Å². The largest absolute Gasteiger partial charge is 0.449 e. The highest BCUT2D eigenvalue weighted by molar-refractivity contribution is 5.96. The average Bonchev–Trinajstić information content (AvgIpc) is 3.09. The molecule has 5 nitrogen and oxygen atoms in total. The van der Waals surface area contributed by atoms with Crippen LogP contribution in [-0.4, -0.2) is 33.9 Å². The zero-order valence-corrected chi connectivity index (χ0v) is 21.0. The van der Waals surface area contributed by atoms with E-state index in [9.17, 15) is 4.79 Å². The molecule has 0 spiro atoms. The molecule has 3 heterocycles. The molecule has 0 unspecified atom stereocenters. The number of aromatic nitrogens is 1. The maximum Gasteiger partial charge on any atom is 0.290 e. The van der Waals surface area contributed by atoms with Crippen LogP contribution >= 0.6 is 0 Å². The van der Waals surface area contributed by atoms with Gasteiger partial charge in [-0.15, -0.1) is 0 Å². The van der Waals surface area contributed by atoms with Crippen molar-refractivity contribution < 1.29 is 9.21 Å². The van der Waals surface area contributed by atoms with Gasteiger partial charge in [0, 0.05) is 41.4 Å². The molecule has 0 radical (unpaired) electrons. The molecular formula is C27H41N3O2. The van der Waals surface area contributed by atoms with Crippen molar-refractivity contribution in [2.24, 2.45) is 11.1 Å². The number of piperidine rings is 1. The zero-order chi connectivity index (χ0) is 23.5. The predicted molar refractivity (Wildman–Crippen MR) is 130 cm³/mol. The normalized spacial score (nSPS) is 24.1. The lowest BCUT2D eigenvalue weighted by Gasteiger charge is -2.44. The molecule has 2 N–H and O–H groups in total. The summed E-state index contributed by atoms with van der Waals surface area (Å²) in [6.07, 6.45) is 6.41. The third-order valence-electron chi connectivity index (χ3n) is 7.74. The molecule has 2 aromatic heterocycles. The maximum absolute atomic E-state index is 13.5. The number of rotatable bonds is 2. The van der Waals surface area contributed by atoms with Crippen molar-refractivity contribution in [3.63, 3.8) is 0 Å². The first-order valence-corrected chi connectivity index (χ1v) is 12.3. The Bertz CT molecular complexity index is 1000. The predicted octanol–water partition coefficient (Wildman–Crippen LogP) is 6.15. The fraction of sp³-hybridized carbons (Fsp3) is 0.704. The summed E-state index contributed by atoms with van der Waals surface area (Å²) in [7, 11) is 0. The molecule has 176 valence electrons. The highest BCUT2D eigenvalue weighted by Crippen LogP contribution is 2.43. The van der Waals surface area contributed by atoms with Gasteiger partial charge in [0.05, 0.1) is 0 Å². The Morgan fingerprint density at radius 1 is 1.12 bits per heavy atom. The molecule has 1 saturated heterocycles. The van der Waals surface area contributed by atoms with Crippen molar-refractivity contribution in [3.05, 3.63) is 29.2 Å². The third-order valence-corrected chi connectivity index (χ3v) is 7.74. The molecule has 2 aliphatic rings. The Labute approximate surface area is 193 Å². The number of hydrogen-bond donors (Lipinski definition) is 1. The second-order valence-electron chi connectivity index (χ2n) is 12.6. The third kappa shape index (κ3) is 4.46. The van der Waals surface area contributed by atoms with E-state index >= 15 is 0 Å².